The van der Waals surface area contributed by atoms with Crippen LogP contribution in [0.3, 0.4) is 0 Å². The molecule has 1 aromatic rings. The Labute approximate surface area is 113 Å². The first-order valence-corrected chi connectivity index (χ1v) is 5.85. The molecular weight excluding hydrogens is 272 g/mol. The van der Waals surface area contributed by atoms with Crippen LogP contribution < -0.4 is 16.0 Å². The predicted octanol–water partition coefficient (Wildman–Crippen LogP) is 1.01. The van der Waals surface area contributed by atoms with Crippen LogP contribution in [0.25, 0.3) is 0 Å². The maximum absolute atomic E-state index is 13.4. The lowest BCUT2D eigenvalue weighted by Gasteiger charge is -2.14. The first-order chi connectivity index (χ1) is 9.38. The molecule has 6 nitrogen and oxygen atoms in total. The molecule has 8 heteroatoms. The van der Waals surface area contributed by atoms with Gasteiger partial charge in [0.2, 0.25) is 5.91 Å². The van der Waals surface area contributed by atoms with E-state index in [2.05, 4.69) is 5.32 Å². The molecule has 108 valence electrons. The van der Waals surface area contributed by atoms with Crippen molar-refractivity contribution >= 4 is 23.4 Å². The number of nitrogens with one attached hydrogen (secondary N) is 1. The number of carbonyl (C=O) groups is 2. The van der Waals surface area contributed by atoms with E-state index < -0.39 is 29.5 Å². The van der Waals surface area contributed by atoms with Gasteiger partial charge in [0.25, 0.3) is 0 Å². The molecule has 1 aromatic carbocycles. The van der Waals surface area contributed by atoms with Gasteiger partial charge in [-0.25, -0.2) is 13.6 Å². The number of ether oxygens (including phenoxy) is 1. The second kappa shape index (κ2) is 5.32. The van der Waals surface area contributed by atoms with Crippen molar-refractivity contribution in [3.8, 4) is 0 Å². The van der Waals surface area contributed by atoms with Crippen molar-refractivity contribution in [2.24, 2.45) is 0 Å². The molecule has 0 saturated carbocycles. The molecule has 1 heterocycles. The van der Waals surface area contributed by atoms with E-state index in [1.165, 1.54) is 6.92 Å². The molecule has 0 aliphatic carbocycles. The highest BCUT2D eigenvalue weighted by Gasteiger charge is 2.33. The molecule has 1 saturated heterocycles. The summed E-state index contributed by atoms with van der Waals surface area (Å²) >= 11 is 0. The lowest BCUT2D eigenvalue weighted by atomic mass is 10.2. The molecule has 0 aromatic heterocycles. The van der Waals surface area contributed by atoms with Crippen LogP contribution in [-0.4, -0.2) is 31.2 Å². The van der Waals surface area contributed by atoms with Gasteiger partial charge in [-0.3, -0.25) is 9.69 Å². The topological polar surface area (TPSA) is 84.7 Å². The first kappa shape index (κ1) is 14.0. The van der Waals surface area contributed by atoms with Gasteiger partial charge in [0.05, 0.1) is 18.8 Å². The van der Waals surface area contributed by atoms with Crippen LogP contribution in [0.15, 0.2) is 12.1 Å². The number of halogens is 2. The Kier molecular flexibility index (Phi) is 3.73. The smallest absolute Gasteiger partial charge is 0.414 e. The summed E-state index contributed by atoms with van der Waals surface area (Å²) in [6, 6.07) is 1.92. The molecule has 1 aliphatic heterocycles. The Hall–Kier alpha value is -2.38. The number of anilines is 2. The van der Waals surface area contributed by atoms with Gasteiger partial charge in [0.15, 0.2) is 11.6 Å². The zero-order valence-electron chi connectivity index (χ0n) is 10.7. The van der Waals surface area contributed by atoms with Crippen LogP contribution in [-0.2, 0) is 9.53 Å². The molecule has 1 atom stereocenters. The summed E-state index contributed by atoms with van der Waals surface area (Å²) in [6.07, 6.45) is -1.31. The van der Waals surface area contributed by atoms with Crippen molar-refractivity contribution in [1.29, 1.82) is 0 Å². The summed E-state index contributed by atoms with van der Waals surface area (Å²) in [6.45, 7) is 1.55. The van der Waals surface area contributed by atoms with Crippen LogP contribution in [0, 0.1) is 11.6 Å². The minimum atomic E-state index is -0.946. The Bertz CT molecular complexity index is 542. The molecule has 0 spiro atoms. The minimum Gasteiger partial charge on any atom is -0.442 e. The molecule has 1 unspecified atom stereocenters. The average Bonchev–Trinajstić information content (AvgIpc) is 2.74. The van der Waals surface area contributed by atoms with Crippen molar-refractivity contribution < 1.29 is 23.1 Å². The monoisotopic (exact) mass is 285 g/mol. The van der Waals surface area contributed by atoms with Crippen LogP contribution in [0.5, 0.6) is 0 Å². The third kappa shape index (κ3) is 2.79. The van der Waals surface area contributed by atoms with Crippen molar-refractivity contribution in [3.63, 3.8) is 0 Å². The Balaban J connectivity index is 2.14. The Morgan fingerprint density at radius 1 is 1.50 bits per heavy atom. The van der Waals surface area contributed by atoms with Gasteiger partial charge in [0.1, 0.15) is 11.8 Å². The van der Waals surface area contributed by atoms with Gasteiger partial charge in [-0.1, -0.05) is 0 Å². The second-order valence-corrected chi connectivity index (χ2v) is 4.38. The summed E-state index contributed by atoms with van der Waals surface area (Å²) in [5, 5.41) is 2.50. The van der Waals surface area contributed by atoms with Crippen LogP contribution in [0.4, 0.5) is 25.0 Å². The summed E-state index contributed by atoms with van der Waals surface area (Å²) in [7, 11) is 0. The summed E-state index contributed by atoms with van der Waals surface area (Å²) < 4.78 is 31.7. The van der Waals surface area contributed by atoms with E-state index in [9.17, 15) is 18.4 Å². The third-order valence-corrected chi connectivity index (χ3v) is 2.83. The molecule has 2 rings (SSSR count). The van der Waals surface area contributed by atoms with Gasteiger partial charge >= 0.3 is 6.09 Å². The van der Waals surface area contributed by atoms with E-state index in [1.807, 2.05) is 0 Å². The molecule has 0 bridgehead atoms. The maximum atomic E-state index is 13.4. The number of hydrogen-bond acceptors (Lipinski definition) is 4. The number of carbonyl (C=O) groups excluding carboxylic acids is 2. The fraction of sp³-hybridized carbons (Fsp3) is 0.333. The van der Waals surface area contributed by atoms with Gasteiger partial charge in [-0.15, -0.1) is 0 Å². The third-order valence-electron chi connectivity index (χ3n) is 2.83. The molecule has 0 radical (unpaired) electrons. The van der Waals surface area contributed by atoms with E-state index in [1.54, 1.807) is 0 Å². The number of hydrogen-bond donors (Lipinski definition) is 2. The number of nitrogen functional groups attached to an aromatic ring is 1. The number of amides is 2. The zero-order chi connectivity index (χ0) is 14.9. The number of rotatable bonds is 3. The van der Waals surface area contributed by atoms with Gasteiger partial charge in [-0.05, 0) is 0 Å². The molecular formula is C12H13F2N3O3. The average molecular weight is 285 g/mol. The maximum Gasteiger partial charge on any atom is 0.414 e. The standard InChI is InChI=1S/C12H13F2N3O3/c1-6(18)16-4-8-5-17(12(19)20-8)7-2-9(13)11(15)10(14)3-7/h2-3,8H,4-5,15H2,1H3,(H,16,18). The first-order valence-electron chi connectivity index (χ1n) is 5.85. The molecule has 3 N–H and O–H groups in total. The highest BCUT2D eigenvalue weighted by atomic mass is 19.1. The summed E-state index contributed by atoms with van der Waals surface area (Å²) in [5.41, 5.74) is 4.58. The lowest BCUT2D eigenvalue weighted by Crippen LogP contribution is -2.33. The van der Waals surface area contributed by atoms with Crippen LogP contribution >= 0.6 is 0 Å². The Morgan fingerprint density at radius 3 is 2.65 bits per heavy atom. The van der Waals surface area contributed by atoms with E-state index >= 15 is 0 Å². The van der Waals surface area contributed by atoms with E-state index in [0.717, 1.165) is 17.0 Å². The fourth-order valence-electron chi connectivity index (χ4n) is 1.82. The van der Waals surface area contributed by atoms with E-state index in [-0.39, 0.29) is 24.7 Å². The summed E-state index contributed by atoms with van der Waals surface area (Å²) in [4.78, 5) is 23.5. The predicted molar refractivity (Wildman–Crippen MR) is 67.1 cm³/mol. The molecule has 1 aliphatic rings. The van der Waals surface area contributed by atoms with Gasteiger partial charge in [0, 0.05) is 19.1 Å². The zero-order valence-corrected chi connectivity index (χ0v) is 10.7. The fourth-order valence-corrected chi connectivity index (χ4v) is 1.82. The summed E-state index contributed by atoms with van der Waals surface area (Å²) in [5.74, 6) is -2.15. The number of nitrogens with zero attached hydrogens (tertiary/aromatic N) is 1. The van der Waals surface area contributed by atoms with Crippen molar-refractivity contribution in [3.05, 3.63) is 23.8 Å². The lowest BCUT2D eigenvalue weighted by molar-refractivity contribution is -0.119. The number of nitrogens with two attached hydrogens (primary N) is 1. The van der Waals surface area contributed by atoms with Crippen molar-refractivity contribution in [2.45, 2.75) is 13.0 Å². The van der Waals surface area contributed by atoms with Crippen molar-refractivity contribution in [1.82, 2.24) is 5.32 Å². The van der Waals surface area contributed by atoms with E-state index in [0.29, 0.717) is 0 Å². The largest absolute Gasteiger partial charge is 0.442 e. The van der Waals surface area contributed by atoms with Crippen molar-refractivity contribution in [2.75, 3.05) is 23.7 Å². The normalized spacial score (nSPS) is 18.1. The highest BCUT2D eigenvalue weighted by Crippen LogP contribution is 2.26. The van der Waals surface area contributed by atoms with E-state index in [4.69, 9.17) is 10.5 Å². The van der Waals surface area contributed by atoms with Crippen LogP contribution in [0.2, 0.25) is 0 Å². The Morgan fingerprint density at radius 2 is 2.10 bits per heavy atom. The van der Waals surface area contributed by atoms with Gasteiger partial charge < -0.3 is 15.8 Å². The van der Waals surface area contributed by atoms with Gasteiger partial charge in [-0.2, -0.15) is 0 Å². The van der Waals surface area contributed by atoms with Crippen LogP contribution in [0.1, 0.15) is 6.92 Å². The highest BCUT2D eigenvalue weighted by molar-refractivity contribution is 5.90. The number of cyclic esters (lactones) is 1. The molecule has 1 fully saturated rings. The molecule has 2 amide bonds. The number of benzene rings is 1. The SMILES string of the molecule is CC(=O)NCC1CN(c2cc(F)c(N)c(F)c2)C(=O)O1. The molecule has 20 heavy (non-hydrogen) atoms. The minimum absolute atomic E-state index is 0.0181. The second-order valence-electron chi connectivity index (χ2n) is 4.38. The quantitative estimate of drug-likeness (QED) is 0.812.